The minimum atomic E-state index is -0.832. The summed E-state index contributed by atoms with van der Waals surface area (Å²) in [6.45, 7) is 0. The van der Waals surface area contributed by atoms with Gasteiger partial charge in [0.2, 0.25) is 0 Å². The fourth-order valence-electron chi connectivity index (χ4n) is 1.99. The van der Waals surface area contributed by atoms with Gasteiger partial charge in [-0.2, -0.15) is 0 Å². The molecule has 2 nitrogen and oxygen atoms in total. The fourth-order valence-corrected chi connectivity index (χ4v) is 2.60. The number of halogens is 3. The van der Waals surface area contributed by atoms with E-state index in [-0.39, 0.29) is 12.2 Å². The first-order chi connectivity index (χ1) is 9.52. The molecule has 1 N–H and O–H groups in total. The van der Waals surface area contributed by atoms with E-state index >= 15 is 0 Å². The van der Waals surface area contributed by atoms with Crippen LogP contribution in [0.2, 0.25) is 5.02 Å². The number of rotatable bonds is 4. The summed E-state index contributed by atoms with van der Waals surface area (Å²) < 4.78 is 19.0. The zero-order valence-corrected chi connectivity index (χ0v) is 13.1. The molecule has 0 saturated heterocycles. The van der Waals surface area contributed by atoms with Crippen LogP contribution in [-0.2, 0) is 6.42 Å². The topological polar surface area (TPSA) is 29.5 Å². The van der Waals surface area contributed by atoms with Crippen LogP contribution in [0.15, 0.2) is 40.9 Å². The van der Waals surface area contributed by atoms with Crippen LogP contribution in [-0.4, -0.2) is 12.2 Å². The predicted molar refractivity (Wildman–Crippen MR) is 80.8 cm³/mol. The monoisotopic (exact) mass is 358 g/mol. The van der Waals surface area contributed by atoms with Gasteiger partial charge in [0.1, 0.15) is 11.6 Å². The third-order valence-electron chi connectivity index (χ3n) is 3.00. The van der Waals surface area contributed by atoms with Gasteiger partial charge < -0.3 is 9.84 Å². The van der Waals surface area contributed by atoms with E-state index in [0.717, 1.165) is 0 Å². The largest absolute Gasteiger partial charge is 0.496 e. The molecule has 0 saturated carbocycles. The van der Waals surface area contributed by atoms with Crippen molar-refractivity contribution >= 4 is 27.5 Å². The van der Waals surface area contributed by atoms with E-state index in [1.807, 2.05) is 0 Å². The average molecular weight is 360 g/mol. The number of hydrogen-bond acceptors (Lipinski definition) is 2. The van der Waals surface area contributed by atoms with Gasteiger partial charge in [-0.1, -0.05) is 23.7 Å². The summed E-state index contributed by atoms with van der Waals surface area (Å²) in [5, 5.41) is 10.9. The van der Waals surface area contributed by atoms with E-state index in [9.17, 15) is 9.50 Å². The first-order valence-electron chi connectivity index (χ1n) is 5.97. The maximum Gasteiger partial charge on any atom is 0.137 e. The van der Waals surface area contributed by atoms with Crippen LogP contribution < -0.4 is 4.74 Å². The Hall–Kier alpha value is -1.10. The lowest BCUT2D eigenvalue weighted by Gasteiger charge is -2.16. The van der Waals surface area contributed by atoms with E-state index < -0.39 is 6.10 Å². The number of hydrogen-bond donors (Lipinski definition) is 1. The second-order valence-electron chi connectivity index (χ2n) is 4.32. The summed E-state index contributed by atoms with van der Waals surface area (Å²) in [6.07, 6.45) is -0.573. The van der Waals surface area contributed by atoms with Crippen molar-refractivity contribution in [1.82, 2.24) is 0 Å². The molecule has 0 radical (unpaired) electrons. The molecule has 20 heavy (non-hydrogen) atoms. The van der Waals surface area contributed by atoms with E-state index in [0.29, 0.717) is 26.4 Å². The molecule has 0 aliphatic rings. The summed E-state index contributed by atoms with van der Waals surface area (Å²) in [4.78, 5) is 0. The number of aliphatic hydroxyl groups is 1. The minimum Gasteiger partial charge on any atom is -0.496 e. The second-order valence-corrected chi connectivity index (χ2v) is 5.55. The lowest BCUT2D eigenvalue weighted by Crippen LogP contribution is -2.05. The fraction of sp³-hybridized carbons (Fsp3) is 0.200. The number of ether oxygens (including phenoxy) is 1. The van der Waals surface area contributed by atoms with Crippen molar-refractivity contribution < 1.29 is 14.2 Å². The van der Waals surface area contributed by atoms with E-state index in [1.54, 1.807) is 30.3 Å². The van der Waals surface area contributed by atoms with E-state index in [2.05, 4.69) is 15.9 Å². The molecule has 0 aromatic heterocycles. The van der Waals surface area contributed by atoms with Crippen molar-refractivity contribution in [1.29, 1.82) is 0 Å². The molecule has 0 spiro atoms. The number of methoxy groups -OCH3 is 1. The van der Waals surface area contributed by atoms with Gasteiger partial charge in [-0.05, 0) is 45.8 Å². The maximum atomic E-state index is 13.5. The molecule has 0 fully saturated rings. The first kappa shape index (κ1) is 15.3. The summed E-state index contributed by atoms with van der Waals surface area (Å²) >= 11 is 9.13. The zero-order chi connectivity index (χ0) is 14.7. The molecular formula is C15H13BrClFO2. The summed E-state index contributed by atoms with van der Waals surface area (Å²) in [6, 6.07) is 9.76. The molecule has 0 aliphatic carbocycles. The lowest BCUT2D eigenvalue weighted by atomic mass is 10.0. The van der Waals surface area contributed by atoms with E-state index in [1.165, 1.54) is 13.2 Å². The van der Waals surface area contributed by atoms with Crippen LogP contribution in [0.1, 0.15) is 17.2 Å². The van der Waals surface area contributed by atoms with Gasteiger partial charge >= 0.3 is 0 Å². The Balaban J connectivity index is 2.30. The van der Waals surface area contributed by atoms with Crippen molar-refractivity contribution in [2.24, 2.45) is 0 Å². The van der Waals surface area contributed by atoms with Crippen LogP contribution in [0.4, 0.5) is 4.39 Å². The highest BCUT2D eigenvalue weighted by Gasteiger charge is 2.17. The molecule has 0 bridgehead atoms. The van der Waals surface area contributed by atoms with Crippen LogP contribution in [0, 0.1) is 5.82 Å². The van der Waals surface area contributed by atoms with Crippen LogP contribution >= 0.6 is 27.5 Å². The van der Waals surface area contributed by atoms with Gasteiger partial charge in [-0.25, -0.2) is 4.39 Å². The van der Waals surface area contributed by atoms with Crippen molar-refractivity contribution in [3.05, 3.63) is 62.8 Å². The number of benzene rings is 2. The third kappa shape index (κ3) is 3.32. The Morgan fingerprint density at radius 3 is 2.80 bits per heavy atom. The average Bonchev–Trinajstić information content (AvgIpc) is 2.43. The van der Waals surface area contributed by atoms with Crippen molar-refractivity contribution in [2.75, 3.05) is 7.11 Å². The zero-order valence-electron chi connectivity index (χ0n) is 10.7. The molecule has 0 amide bonds. The third-order valence-corrected chi connectivity index (χ3v) is 4.12. The molecular weight excluding hydrogens is 347 g/mol. The molecule has 0 aliphatic heterocycles. The molecule has 0 heterocycles. The Kier molecular flexibility index (Phi) is 5.02. The summed E-state index contributed by atoms with van der Waals surface area (Å²) in [7, 11) is 1.53. The number of aliphatic hydroxyl groups excluding tert-OH is 1. The highest BCUT2D eigenvalue weighted by molar-refractivity contribution is 9.10. The standard InChI is InChI=1S/C15H13BrClFO2/c1-20-14-6-5-10(17)8-11(14)13(19)7-9-3-2-4-12(18)15(9)16/h2-6,8,13,19H,7H2,1H3. The molecule has 5 heteroatoms. The molecule has 2 rings (SSSR count). The minimum absolute atomic E-state index is 0.259. The van der Waals surface area contributed by atoms with Crippen molar-refractivity contribution in [2.45, 2.75) is 12.5 Å². The quantitative estimate of drug-likeness (QED) is 0.869. The van der Waals surface area contributed by atoms with Crippen LogP contribution in [0.3, 0.4) is 0 Å². The van der Waals surface area contributed by atoms with Gasteiger partial charge in [0, 0.05) is 17.0 Å². The highest BCUT2D eigenvalue weighted by atomic mass is 79.9. The van der Waals surface area contributed by atoms with E-state index in [4.69, 9.17) is 16.3 Å². The second kappa shape index (κ2) is 6.57. The van der Waals surface area contributed by atoms with Gasteiger partial charge in [0.05, 0.1) is 17.7 Å². The Morgan fingerprint density at radius 1 is 1.35 bits per heavy atom. The lowest BCUT2D eigenvalue weighted by molar-refractivity contribution is 0.173. The van der Waals surface area contributed by atoms with Crippen molar-refractivity contribution in [3.63, 3.8) is 0 Å². The first-order valence-corrected chi connectivity index (χ1v) is 7.14. The van der Waals surface area contributed by atoms with Gasteiger partial charge in [-0.15, -0.1) is 0 Å². The predicted octanol–water partition coefficient (Wildman–Crippen LogP) is 4.53. The van der Waals surface area contributed by atoms with Gasteiger partial charge in [-0.3, -0.25) is 0 Å². The van der Waals surface area contributed by atoms with Crippen LogP contribution in [0.25, 0.3) is 0 Å². The van der Waals surface area contributed by atoms with Crippen molar-refractivity contribution in [3.8, 4) is 5.75 Å². The molecule has 106 valence electrons. The molecule has 2 aromatic rings. The van der Waals surface area contributed by atoms with Gasteiger partial charge in [0.15, 0.2) is 0 Å². The SMILES string of the molecule is COc1ccc(Cl)cc1C(O)Cc1cccc(F)c1Br. The maximum absolute atomic E-state index is 13.5. The molecule has 1 unspecified atom stereocenters. The Bertz CT molecular complexity index is 619. The molecule has 1 atom stereocenters. The van der Waals surface area contributed by atoms with Crippen LogP contribution in [0.5, 0.6) is 5.75 Å². The summed E-state index contributed by atoms with van der Waals surface area (Å²) in [5.41, 5.74) is 1.26. The normalized spacial score (nSPS) is 12.2. The Labute approximate surface area is 130 Å². The Morgan fingerprint density at radius 2 is 2.10 bits per heavy atom. The smallest absolute Gasteiger partial charge is 0.137 e. The highest BCUT2D eigenvalue weighted by Crippen LogP contribution is 2.32. The van der Waals surface area contributed by atoms with Gasteiger partial charge in [0.25, 0.3) is 0 Å². The summed E-state index contributed by atoms with van der Waals surface area (Å²) in [5.74, 6) is 0.196. The molecule has 2 aromatic carbocycles.